The molecule has 0 N–H and O–H groups in total. The number of hydrogen-bond acceptors (Lipinski definition) is 4. The van der Waals surface area contributed by atoms with Crippen LogP contribution in [0, 0.1) is 5.92 Å². The van der Waals surface area contributed by atoms with Crippen LogP contribution in [0.3, 0.4) is 0 Å². The highest BCUT2D eigenvalue weighted by atomic mass is 16.5. The molecule has 1 aromatic carbocycles. The Labute approximate surface area is 153 Å². The average Bonchev–Trinajstić information content (AvgIpc) is 3.06. The van der Waals surface area contributed by atoms with Gasteiger partial charge >= 0.3 is 0 Å². The van der Waals surface area contributed by atoms with Crippen LogP contribution >= 0.6 is 0 Å². The zero-order valence-electron chi connectivity index (χ0n) is 15.3. The number of hydrogen-bond donors (Lipinski definition) is 0. The Hall–Kier alpha value is -2.40. The number of aromatic nitrogens is 3. The molecular weight excluding hydrogens is 324 g/mol. The molecule has 26 heavy (non-hydrogen) atoms. The van der Waals surface area contributed by atoms with Gasteiger partial charge in [-0.1, -0.05) is 6.07 Å². The van der Waals surface area contributed by atoms with E-state index in [1.807, 2.05) is 12.1 Å². The Balaban J connectivity index is 1.36. The zero-order chi connectivity index (χ0) is 17.7. The van der Waals surface area contributed by atoms with Crippen molar-refractivity contribution >= 4 is 10.9 Å². The van der Waals surface area contributed by atoms with E-state index in [0.717, 1.165) is 11.3 Å². The minimum atomic E-state index is 0.235. The molecular formula is C21H24N4O. The molecule has 0 saturated carbocycles. The lowest BCUT2D eigenvalue weighted by Gasteiger charge is -2.48. The molecule has 5 heterocycles. The van der Waals surface area contributed by atoms with Crippen molar-refractivity contribution in [2.24, 2.45) is 13.0 Å². The fourth-order valence-electron chi connectivity index (χ4n) is 4.57. The van der Waals surface area contributed by atoms with E-state index < -0.39 is 0 Å². The Morgan fingerprint density at radius 2 is 1.88 bits per heavy atom. The molecule has 0 aliphatic carbocycles. The second-order valence-electron chi connectivity index (χ2n) is 7.65. The monoisotopic (exact) mass is 348 g/mol. The molecule has 3 fully saturated rings. The maximum absolute atomic E-state index is 6.25. The smallest absolute Gasteiger partial charge is 0.233 e. The topological polar surface area (TPSA) is 43.2 Å². The summed E-state index contributed by atoms with van der Waals surface area (Å²) in [4.78, 5) is 2.53. The van der Waals surface area contributed by atoms with Crippen molar-refractivity contribution in [2.75, 3.05) is 13.1 Å². The minimum Gasteiger partial charge on any atom is -0.471 e. The van der Waals surface area contributed by atoms with Crippen LogP contribution in [0.1, 0.15) is 19.8 Å². The van der Waals surface area contributed by atoms with Gasteiger partial charge in [-0.3, -0.25) is 4.90 Å². The van der Waals surface area contributed by atoms with Crippen LogP contribution in [0.5, 0.6) is 5.88 Å². The second kappa shape index (κ2) is 6.09. The number of aryl methyl sites for hydroxylation is 1. The number of benzene rings is 1. The summed E-state index contributed by atoms with van der Waals surface area (Å²) >= 11 is 0. The Bertz CT molecular complexity index is 923. The molecule has 2 atom stereocenters. The number of nitrogens with zero attached hydrogens (tertiary/aromatic N) is 4. The highest BCUT2D eigenvalue weighted by Gasteiger charge is 2.41. The molecule has 0 radical (unpaired) electrons. The van der Waals surface area contributed by atoms with Gasteiger partial charge in [-0.05, 0) is 63.0 Å². The fraction of sp³-hybridized carbons (Fsp3) is 0.429. The van der Waals surface area contributed by atoms with E-state index in [1.165, 1.54) is 36.8 Å². The van der Waals surface area contributed by atoms with Crippen molar-refractivity contribution in [2.45, 2.75) is 31.9 Å². The number of fused-ring (bicyclic) bond motifs is 4. The largest absolute Gasteiger partial charge is 0.471 e. The van der Waals surface area contributed by atoms with Crippen LogP contribution in [0.25, 0.3) is 22.2 Å². The number of ether oxygens (including phenoxy) is 1. The van der Waals surface area contributed by atoms with Crippen molar-refractivity contribution in [1.82, 2.24) is 19.7 Å². The maximum atomic E-state index is 6.25. The van der Waals surface area contributed by atoms with Gasteiger partial charge in [-0.15, -0.1) is 10.2 Å². The first-order chi connectivity index (χ1) is 12.7. The van der Waals surface area contributed by atoms with Crippen LogP contribution in [0.4, 0.5) is 0 Å². The van der Waals surface area contributed by atoms with Crippen LogP contribution in [-0.2, 0) is 7.05 Å². The van der Waals surface area contributed by atoms with Crippen molar-refractivity contribution in [3.8, 4) is 17.1 Å². The quantitative estimate of drug-likeness (QED) is 0.727. The van der Waals surface area contributed by atoms with E-state index in [9.17, 15) is 0 Å². The summed E-state index contributed by atoms with van der Waals surface area (Å²) in [5, 5.41) is 9.99. The summed E-state index contributed by atoms with van der Waals surface area (Å²) < 4.78 is 8.37. The van der Waals surface area contributed by atoms with Gasteiger partial charge in [0.15, 0.2) is 0 Å². The molecule has 134 valence electrons. The summed E-state index contributed by atoms with van der Waals surface area (Å²) in [5.74, 6) is 1.29. The van der Waals surface area contributed by atoms with Gasteiger partial charge in [-0.25, -0.2) is 0 Å². The maximum Gasteiger partial charge on any atom is 0.233 e. The van der Waals surface area contributed by atoms with E-state index in [1.54, 1.807) is 0 Å². The molecule has 5 heteroatoms. The average molecular weight is 348 g/mol. The second-order valence-corrected chi connectivity index (χ2v) is 7.65. The molecule has 3 aliphatic rings. The molecule has 3 aliphatic heterocycles. The van der Waals surface area contributed by atoms with Gasteiger partial charge in [0.05, 0.1) is 5.69 Å². The van der Waals surface area contributed by atoms with Gasteiger partial charge in [0.2, 0.25) is 5.88 Å². The zero-order valence-corrected chi connectivity index (χ0v) is 15.3. The Morgan fingerprint density at radius 3 is 2.62 bits per heavy atom. The van der Waals surface area contributed by atoms with E-state index in [4.69, 9.17) is 4.74 Å². The number of rotatable bonds is 3. The molecule has 2 bridgehead atoms. The summed E-state index contributed by atoms with van der Waals surface area (Å²) in [6, 6.07) is 13.0. The lowest BCUT2D eigenvalue weighted by Crippen LogP contribution is -2.58. The first-order valence-electron chi connectivity index (χ1n) is 9.49. The van der Waals surface area contributed by atoms with Crippen LogP contribution in [0.15, 0.2) is 42.6 Å². The highest BCUT2D eigenvalue weighted by molar-refractivity contribution is 5.84. The Kier molecular flexibility index (Phi) is 3.71. The first-order valence-corrected chi connectivity index (χ1v) is 9.49. The minimum absolute atomic E-state index is 0.235. The van der Waals surface area contributed by atoms with E-state index in [0.29, 0.717) is 17.8 Å². The van der Waals surface area contributed by atoms with E-state index >= 15 is 0 Å². The molecule has 5 nitrogen and oxygen atoms in total. The lowest BCUT2D eigenvalue weighted by molar-refractivity contribution is -0.0528. The van der Waals surface area contributed by atoms with Crippen molar-refractivity contribution in [1.29, 1.82) is 0 Å². The molecule has 3 aromatic rings. The van der Waals surface area contributed by atoms with E-state index in [-0.39, 0.29) is 6.10 Å². The van der Waals surface area contributed by atoms with Gasteiger partial charge in [0.1, 0.15) is 6.10 Å². The number of piperidine rings is 3. The molecule has 2 aromatic heterocycles. The molecule has 0 spiro atoms. The predicted molar refractivity (Wildman–Crippen MR) is 102 cm³/mol. The van der Waals surface area contributed by atoms with Gasteiger partial charge in [0.25, 0.3) is 0 Å². The Morgan fingerprint density at radius 1 is 1.04 bits per heavy atom. The predicted octanol–water partition coefficient (Wildman–Crippen LogP) is 3.50. The van der Waals surface area contributed by atoms with Gasteiger partial charge in [-0.2, -0.15) is 0 Å². The standard InChI is InChI=1S/C21H24N4O/c1-14-21(15-8-11-25(14)12-9-15)26-20-6-4-18(22-23-20)16-3-5-19-17(13-16)7-10-24(19)2/h3-7,10,13-15,21H,8-9,11-12H2,1-2H3. The summed E-state index contributed by atoms with van der Waals surface area (Å²) in [6.07, 6.45) is 4.78. The van der Waals surface area contributed by atoms with Crippen molar-refractivity contribution < 1.29 is 4.74 Å². The van der Waals surface area contributed by atoms with Crippen LogP contribution in [0.2, 0.25) is 0 Å². The normalized spacial score (nSPS) is 27.8. The van der Waals surface area contributed by atoms with E-state index in [2.05, 4.69) is 64.1 Å². The van der Waals surface area contributed by atoms with Gasteiger partial charge < -0.3 is 9.30 Å². The fourth-order valence-corrected chi connectivity index (χ4v) is 4.57. The SMILES string of the molecule is CC1C(Oc2ccc(-c3ccc4c(ccn4C)c3)nn2)C2CCN1CC2. The summed E-state index contributed by atoms with van der Waals surface area (Å²) in [5.41, 5.74) is 3.18. The summed E-state index contributed by atoms with van der Waals surface area (Å²) in [6.45, 7) is 4.68. The molecule has 3 saturated heterocycles. The van der Waals surface area contributed by atoms with Gasteiger partial charge in [0, 0.05) is 41.8 Å². The third-order valence-electron chi connectivity index (χ3n) is 6.17. The van der Waals surface area contributed by atoms with Crippen molar-refractivity contribution in [3.63, 3.8) is 0 Å². The van der Waals surface area contributed by atoms with Crippen LogP contribution in [-0.4, -0.2) is 44.9 Å². The highest BCUT2D eigenvalue weighted by Crippen LogP contribution is 2.34. The molecule has 2 unspecified atom stereocenters. The summed E-state index contributed by atoms with van der Waals surface area (Å²) in [7, 11) is 2.06. The molecule has 6 rings (SSSR count). The first kappa shape index (κ1) is 15.8. The molecule has 0 amide bonds. The van der Waals surface area contributed by atoms with Crippen LogP contribution < -0.4 is 4.74 Å². The third kappa shape index (κ3) is 2.58. The third-order valence-corrected chi connectivity index (χ3v) is 6.17. The lowest BCUT2D eigenvalue weighted by atomic mass is 9.81. The van der Waals surface area contributed by atoms with Crippen molar-refractivity contribution in [3.05, 3.63) is 42.6 Å².